The smallest absolute Gasteiger partial charge is 0.228 e. The molecule has 3 aromatic rings. The largest absolute Gasteiger partial charge is 0.458 e. The van der Waals surface area contributed by atoms with E-state index in [4.69, 9.17) is 22.9 Å². The fraction of sp³-hybridized carbons (Fsp3) is 0.130. The Morgan fingerprint density at radius 1 is 1.07 bits per heavy atom. The fourth-order valence-corrected chi connectivity index (χ4v) is 2.91. The van der Waals surface area contributed by atoms with Crippen LogP contribution < -0.4 is 10.1 Å². The first-order valence-electron chi connectivity index (χ1n) is 8.75. The van der Waals surface area contributed by atoms with Crippen LogP contribution in [-0.4, -0.2) is 5.91 Å². The summed E-state index contributed by atoms with van der Waals surface area (Å²) in [5.41, 5.74) is 4.07. The zero-order chi connectivity index (χ0) is 20.1. The minimum absolute atomic E-state index is 0.100. The van der Waals surface area contributed by atoms with E-state index in [2.05, 4.69) is 10.2 Å². The van der Waals surface area contributed by atoms with Gasteiger partial charge in [-0.1, -0.05) is 41.4 Å². The second kappa shape index (κ2) is 8.60. The van der Waals surface area contributed by atoms with Crippen LogP contribution in [0.15, 0.2) is 60.7 Å². The number of hydrogen-bond donors (Lipinski definition) is 1. The molecule has 0 heterocycles. The van der Waals surface area contributed by atoms with Gasteiger partial charge in [-0.05, 0) is 61.4 Å². The van der Waals surface area contributed by atoms with Gasteiger partial charge in [0.05, 0.1) is 13.0 Å². The van der Waals surface area contributed by atoms with Gasteiger partial charge in [0.2, 0.25) is 5.91 Å². The molecule has 0 aliphatic rings. The molecule has 3 aromatic carbocycles. The van der Waals surface area contributed by atoms with Crippen molar-refractivity contribution in [2.24, 2.45) is 0 Å². The Bertz CT molecular complexity index is 1050. The number of ether oxygens (including phenoxy) is 1. The van der Waals surface area contributed by atoms with E-state index in [0.29, 0.717) is 22.2 Å². The summed E-state index contributed by atoms with van der Waals surface area (Å²) in [4.78, 5) is 15.7. The number of carbonyl (C=O) groups is 1. The zero-order valence-corrected chi connectivity index (χ0v) is 16.4. The summed E-state index contributed by atoms with van der Waals surface area (Å²) in [5.74, 6) is 1.01. The summed E-state index contributed by atoms with van der Waals surface area (Å²) in [7, 11) is 0. The summed E-state index contributed by atoms with van der Waals surface area (Å²) in [6.07, 6.45) is 0.230. The van der Waals surface area contributed by atoms with Gasteiger partial charge in [0, 0.05) is 10.7 Å². The second-order valence-electron chi connectivity index (χ2n) is 6.55. The molecule has 0 spiro atoms. The number of anilines is 1. The van der Waals surface area contributed by atoms with Crippen LogP contribution in [0, 0.1) is 20.4 Å². The van der Waals surface area contributed by atoms with Gasteiger partial charge in [-0.25, -0.2) is 4.85 Å². The standard InChI is InChI=1S/C23H19ClN2O2/c1-15-4-8-19(9-5-15)26-23(27)11-17-7-6-16(2)22(10-17)28-21-13-18(24)12-20(14-21)25-3/h4-10,12-14H,11H2,1-2H3,(H,26,27). The van der Waals surface area contributed by atoms with E-state index in [0.717, 1.165) is 22.4 Å². The van der Waals surface area contributed by atoms with Gasteiger partial charge in [0.25, 0.3) is 0 Å². The molecule has 4 nitrogen and oxygen atoms in total. The van der Waals surface area contributed by atoms with Crippen molar-refractivity contribution in [3.05, 3.63) is 93.8 Å². The van der Waals surface area contributed by atoms with Gasteiger partial charge in [0.15, 0.2) is 5.69 Å². The number of nitrogens with zero attached hydrogens (tertiary/aromatic N) is 1. The third-order valence-corrected chi connectivity index (χ3v) is 4.38. The maximum absolute atomic E-state index is 12.3. The Morgan fingerprint density at radius 3 is 2.54 bits per heavy atom. The van der Waals surface area contributed by atoms with E-state index in [1.807, 2.05) is 56.3 Å². The van der Waals surface area contributed by atoms with E-state index in [1.54, 1.807) is 18.2 Å². The molecule has 0 atom stereocenters. The summed E-state index contributed by atoms with van der Waals surface area (Å²) < 4.78 is 5.93. The number of benzene rings is 3. The van der Waals surface area contributed by atoms with Gasteiger partial charge >= 0.3 is 0 Å². The van der Waals surface area contributed by atoms with Crippen molar-refractivity contribution in [1.29, 1.82) is 0 Å². The number of carbonyl (C=O) groups excluding carboxylic acids is 1. The van der Waals surface area contributed by atoms with Crippen molar-refractivity contribution >= 4 is 28.9 Å². The molecular formula is C23H19ClN2O2. The van der Waals surface area contributed by atoms with E-state index < -0.39 is 0 Å². The molecule has 1 N–H and O–H groups in total. The molecule has 0 saturated heterocycles. The zero-order valence-electron chi connectivity index (χ0n) is 15.6. The van der Waals surface area contributed by atoms with Gasteiger partial charge in [0.1, 0.15) is 11.5 Å². The normalized spacial score (nSPS) is 10.2. The van der Waals surface area contributed by atoms with E-state index in [-0.39, 0.29) is 12.3 Å². The number of hydrogen-bond acceptors (Lipinski definition) is 2. The van der Waals surface area contributed by atoms with Crippen LogP contribution in [0.4, 0.5) is 11.4 Å². The third-order valence-electron chi connectivity index (χ3n) is 4.17. The molecule has 0 aliphatic heterocycles. The van der Waals surface area contributed by atoms with Gasteiger partial charge < -0.3 is 10.1 Å². The molecule has 0 aromatic heterocycles. The lowest BCUT2D eigenvalue weighted by molar-refractivity contribution is -0.115. The second-order valence-corrected chi connectivity index (χ2v) is 6.99. The first kappa shape index (κ1) is 19.5. The molecule has 28 heavy (non-hydrogen) atoms. The lowest BCUT2D eigenvalue weighted by atomic mass is 10.1. The summed E-state index contributed by atoms with van der Waals surface area (Å²) in [5, 5.41) is 3.33. The average molecular weight is 391 g/mol. The predicted octanol–water partition coefficient (Wildman–Crippen LogP) is 6.48. The molecule has 0 saturated carbocycles. The lowest BCUT2D eigenvalue weighted by Crippen LogP contribution is -2.14. The summed E-state index contributed by atoms with van der Waals surface area (Å²) >= 11 is 6.05. The average Bonchev–Trinajstić information content (AvgIpc) is 2.66. The molecule has 0 bridgehead atoms. The Labute approximate surface area is 169 Å². The third kappa shape index (κ3) is 5.12. The fourth-order valence-electron chi connectivity index (χ4n) is 2.69. The highest BCUT2D eigenvalue weighted by Crippen LogP contribution is 2.32. The molecular weight excluding hydrogens is 372 g/mol. The minimum Gasteiger partial charge on any atom is -0.458 e. The molecule has 0 radical (unpaired) electrons. The Hall–Kier alpha value is -3.29. The first-order chi connectivity index (χ1) is 13.4. The van der Waals surface area contributed by atoms with Crippen molar-refractivity contribution in [2.75, 3.05) is 5.32 Å². The van der Waals surface area contributed by atoms with Crippen molar-refractivity contribution in [2.45, 2.75) is 20.3 Å². The number of rotatable bonds is 5. The Kier molecular flexibility index (Phi) is 5.98. The molecule has 0 fully saturated rings. The quantitative estimate of drug-likeness (QED) is 0.506. The molecule has 3 rings (SSSR count). The van der Waals surface area contributed by atoms with Crippen molar-refractivity contribution in [3.63, 3.8) is 0 Å². The Morgan fingerprint density at radius 2 is 1.82 bits per heavy atom. The van der Waals surface area contributed by atoms with Gasteiger partial charge in [-0.2, -0.15) is 0 Å². The monoisotopic (exact) mass is 390 g/mol. The van der Waals surface area contributed by atoms with Crippen LogP contribution in [-0.2, 0) is 11.2 Å². The molecule has 5 heteroatoms. The van der Waals surface area contributed by atoms with Crippen molar-refractivity contribution < 1.29 is 9.53 Å². The molecule has 0 aliphatic carbocycles. The molecule has 1 amide bonds. The van der Waals surface area contributed by atoms with Crippen molar-refractivity contribution in [3.8, 4) is 11.5 Å². The maximum Gasteiger partial charge on any atom is 0.228 e. The predicted molar refractivity (Wildman–Crippen MR) is 112 cm³/mol. The Balaban J connectivity index is 1.74. The first-order valence-corrected chi connectivity index (χ1v) is 9.13. The van der Waals surface area contributed by atoms with Crippen LogP contribution in [0.5, 0.6) is 11.5 Å². The SMILES string of the molecule is [C-]#[N+]c1cc(Cl)cc(Oc2cc(CC(=O)Nc3ccc(C)cc3)ccc2C)c1. The van der Waals surface area contributed by atoms with Crippen LogP contribution in [0.2, 0.25) is 5.02 Å². The number of halogens is 1. The summed E-state index contributed by atoms with van der Waals surface area (Å²) in [6.45, 7) is 11.1. The number of aryl methyl sites for hydroxylation is 2. The highest BCUT2D eigenvalue weighted by Gasteiger charge is 2.09. The van der Waals surface area contributed by atoms with E-state index >= 15 is 0 Å². The van der Waals surface area contributed by atoms with E-state index in [1.165, 1.54) is 0 Å². The maximum atomic E-state index is 12.3. The lowest BCUT2D eigenvalue weighted by Gasteiger charge is -2.12. The van der Waals surface area contributed by atoms with Gasteiger partial charge in [-0.15, -0.1) is 0 Å². The topological polar surface area (TPSA) is 42.7 Å². The van der Waals surface area contributed by atoms with Gasteiger partial charge in [-0.3, -0.25) is 4.79 Å². The highest BCUT2D eigenvalue weighted by molar-refractivity contribution is 6.31. The van der Waals surface area contributed by atoms with Crippen LogP contribution in [0.3, 0.4) is 0 Å². The van der Waals surface area contributed by atoms with Crippen LogP contribution >= 0.6 is 11.6 Å². The number of nitrogens with one attached hydrogen (secondary N) is 1. The summed E-state index contributed by atoms with van der Waals surface area (Å²) in [6, 6.07) is 18.2. The highest BCUT2D eigenvalue weighted by atomic mass is 35.5. The van der Waals surface area contributed by atoms with E-state index in [9.17, 15) is 4.79 Å². The van der Waals surface area contributed by atoms with Crippen molar-refractivity contribution in [1.82, 2.24) is 0 Å². The minimum atomic E-state index is -0.100. The molecule has 0 unspecified atom stereocenters. The number of amides is 1. The van der Waals surface area contributed by atoms with Crippen LogP contribution in [0.25, 0.3) is 4.85 Å². The van der Waals surface area contributed by atoms with Crippen LogP contribution in [0.1, 0.15) is 16.7 Å². The molecule has 140 valence electrons.